The van der Waals surface area contributed by atoms with Gasteiger partial charge < -0.3 is 9.13 Å². The SMILES string of the molecule is Cc1cc(C)cc(-c2c(-c3ccc(-n4c5ccc(-c6ccccc6)cc5c5cc(-c6ccccc6)ccc54)cc3)c(-n3c4ccccc4c4cnccc43)nc(-n3c4ccccc4c4cnccc43)c2-n2c3ccccc3c3cnccc32)c1. The summed E-state index contributed by atoms with van der Waals surface area (Å²) in [7, 11) is 0. The molecule has 0 unspecified atom stereocenters. The van der Waals surface area contributed by atoms with Crippen LogP contribution in [0.25, 0.3) is 155 Å². The minimum absolute atomic E-state index is 0.770. The average Bonchev–Trinajstić information content (AvgIpc) is 2.08. The van der Waals surface area contributed by atoms with Gasteiger partial charge in [0, 0.05) is 97.1 Å². The molecule has 9 aromatic carbocycles. The molecule has 8 aromatic heterocycles. The highest BCUT2D eigenvalue weighted by atomic mass is 15.2. The summed E-state index contributed by atoms with van der Waals surface area (Å²) in [4.78, 5) is 20.5. The molecule has 0 aliphatic rings. The summed E-state index contributed by atoms with van der Waals surface area (Å²) in [5, 5.41) is 8.82. The fourth-order valence-electron chi connectivity index (χ4n) is 13.6. The number of hydrogen-bond acceptors (Lipinski definition) is 4. The molecule has 0 aliphatic heterocycles. The van der Waals surface area contributed by atoms with E-state index in [1.807, 2.05) is 37.2 Å². The van der Waals surface area contributed by atoms with Crippen molar-refractivity contribution in [2.45, 2.75) is 13.8 Å². The Labute approximate surface area is 483 Å². The predicted molar refractivity (Wildman–Crippen MR) is 346 cm³/mol. The van der Waals surface area contributed by atoms with Crippen molar-refractivity contribution in [2.24, 2.45) is 0 Å². The molecule has 0 bridgehead atoms. The molecule has 0 N–H and O–H groups in total. The van der Waals surface area contributed by atoms with Crippen LogP contribution >= 0.6 is 0 Å². The first-order valence-corrected chi connectivity index (χ1v) is 28.5. The van der Waals surface area contributed by atoms with E-state index in [9.17, 15) is 0 Å². The Balaban J connectivity index is 1.03. The second-order valence-electron chi connectivity index (χ2n) is 22.0. The third-order valence-electron chi connectivity index (χ3n) is 17.1. The maximum absolute atomic E-state index is 6.30. The van der Waals surface area contributed by atoms with Gasteiger partial charge in [0.2, 0.25) is 0 Å². The van der Waals surface area contributed by atoms with Crippen molar-refractivity contribution < 1.29 is 0 Å². The number of para-hydroxylation sites is 3. The highest BCUT2D eigenvalue weighted by molar-refractivity contribution is 6.15. The van der Waals surface area contributed by atoms with E-state index in [1.165, 1.54) is 33.0 Å². The fourth-order valence-corrected chi connectivity index (χ4v) is 13.6. The van der Waals surface area contributed by atoms with Crippen LogP contribution in [0.2, 0.25) is 0 Å². The Bertz CT molecular complexity index is 5230. The zero-order valence-corrected chi connectivity index (χ0v) is 46.0. The van der Waals surface area contributed by atoms with Crippen molar-refractivity contribution >= 4 is 87.2 Å². The van der Waals surface area contributed by atoms with E-state index >= 15 is 0 Å². The Kier molecular flexibility index (Phi) is 10.6. The quantitative estimate of drug-likeness (QED) is 0.152. The molecule has 0 saturated heterocycles. The topological polar surface area (TPSA) is 71.3 Å². The molecule has 17 rings (SSSR count). The summed E-state index contributed by atoms with van der Waals surface area (Å²) in [5.41, 5.74) is 21.5. The van der Waals surface area contributed by atoms with Gasteiger partial charge >= 0.3 is 0 Å². The molecule has 0 amide bonds. The van der Waals surface area contributed by atoms with Crippen LogP contribution in [0.15, 0.2) is 268 Å². The number of benzene rings is 9. The van der Waals surface area contributed by atoms with Gasteiger partial charge in [0.15, 0.2) is 5.82 Å². The summed E-state index contributed by atoms with van der Waals surface area (Å²) in [5.74, 6) is 1.56. The van der Waals surface area contributed by atoms with Crippen molar-refractivity contribution in [2.75, 3.05) is 0 Å². The highest BCUT2D eigenvalue weighted by Gasteiger charge is 2.31. The van der Waals surface area contributed by atoms with Crippen molar-refractivity contribution in [3.63, 3.8) is 0 Å². The molecule has 0 radical (unpaired) electrons. The van der Waals surface area contributed by atoms with Crippen molar-refractivity contribution in [1.29, 1.82) is 0 Å². The average molecular weight is 1080 g/mol. The zero-order valence-electron chi connectivity index (χ0n) is 46.0. The summed E-state index contributed by atoms with van der Waals surface area (Å²) in [6.45, 7) is 4.41. The van der Waals surface area contributed by atoms with Gasteiger partial charge in [0.25, 0.3) is 0 Å². The molecule has 0 atom stereocenters. The monoisotopic (exact) mass is 1070 g/mol. The molecule has 84 heavy (non-hydrogen) atoms. The standard InChI is InChI=1S/C76H50N8/c1-47-39-48(2)41-54(40-47)72-73(51-25-29-55(30-26-51)81-67-31-27-52(49-15-5-3-6-16-49)42-59(67)60-43-53(28-32-68(60)81)50-17-7-4-8-18-50)75(83-65-23-13-10-20-57(65)62-45-78-37-34-70(62)83)80-76(84-66-24-14-11-21-58(66)63-46-79-38-35-71(63)84)74(72)82-64-22-12-9-19-56(64)61-44-77-36-33-69(61)82/h3-46H,1-2H3. The molecule has 8 heteroatoms. The van der Waals surface area contributed by atoms with Crippen LogP contribution in [0.3, 0.4) is 0 Å². The highest BCUT2D eigenvalue weighted by Crippen LogP contribution is 2.49. The lowest BCUT2D eigenvalue weighted by Crippen LogP contribution is -2.13. The van der Waals surface area contributed by atoms with Crippen LogP contribution in [0.5, 0.6) is 0 Å². The molecule has 17 aromatic rings. The molecule has 394 valence electrons. The normalized spacial score (nSPS) is 11.9. The predicted octanol–water partition coefficient (Wildman–Crippen LogP) is 18.9. The third kappa shape index (κ3) is 7.20. The number of nitrogens with zero attached hydrogens (tertiary/aromatic N) is 8. The van der Waals surface area contributed by atoms with Crippen LogP contribution in [-0.2, 0) is 0 Å². The number of aromatic nitrogens is 8. The van der Waals surface area contributed by atoms with Crippen LogP contribution in [-0.4, -0.2) is 38.2 Å². The fraction of sp³-hybridized carbons (Fsp3) is 0.0263. The van der Waals surface area contributed by atoms with E-state index in [4.69, 9.17) is 19.9 Å². The zero-order chi connectivity index (χ0) is 55.6. The largest absolute Gasteiger partial charge is 0.309 e. The molecule has 0 fully saturated rings. The first kappa shape index (κ1) is 47.6. The number of aryl methyl sites for hydroxylation is 2. The number of pyridine rings is 4. The minimum Gasteiger partial charge on any atom is -0.309 e. The molecule has 8 nitrogen and oxygen atoms in total. The maximum atomic E-state index is 6.30. The summed E-state index contributed by atoms with van der Waals surface area (Å²) in [6.07, 6.45) is 11.7. The van der Waals surface area contributed by atoms with Crippen LogP contribution in [0.1, 0.15) is 11.1 Å². The Morgan fingerprint density at radius 1 is 0.262 bits per heavy atom. The lowest BCUT2D eigenvalue weighted by molar-refractivity contribution is 0.985. The minimum atomic E-state index is 0.770. The Morgan fingerprint density at radius 2 is 0.667 bits per heavy atom. The first-order valence-electron chi connectivity index (χ1n) is 28.5. The maximum Gasteiger partial charge on any atom is 0.165 e. The number of hydrogen-bond donors (Lipinski definition) is 0. The smallest absolute Gasteiger partial charge is 0.165 e. The van der Waals surface area contributed by atoms with E-state index in [0.29, 0.717) is 0 Å². The molecule has 0 saturated carbocycles. The van der Waals surface area contributed by atoms with Gasteiger partial charge in [-0.25, -0.2) is 4.98 Å². The molecule has 8 heterocycles. The van der Waals surface area contributed by atoms with E-state index in [-0.39, 0.29) is 0 Å². The van der Waals surface area contributed by atoms with Gasteiger partial charge in [0.05, 0.1) is 49.8 Å². The third-order valence-corrected chi connectivity index (χ3v) is 17.1. The van der Waals surface area contributed by atoms with Crippen molar-refractivity contribution in [3.05, 3.63) is 279 Å². The van der Waals surface area contributed by atoms with Gasteiger partial charge in [-0.2, -0.15) is 0 Å². The van der Waals surface area contributed by atoms with Gasteiger partial charge in [-0.3, -0.25) is 24.1 Å². The Morgan fingerprint density at radius 3 is 1.17 bits per heavy atom. The lowest BCUT2D eigenvalue weighted by atomic mass is 9.91. The van der Waals surface area contributed by atoms with Crippen LogP contribution in [0.4, 0.5) is 0 Å². The van der Waals surface area contributed by atoms with Gasteiger partial charge in [-0.15, -0.1) is 0 Å². The van der Waals surface area contributed by atoms with Gasteiger partial charge in [0.1, 0.15) is 5.82 Å². The first-order chi connectivity index (χ1) is 41.5. The Hall–Kier alpha value is -11.2. The van der Waals surface area contributed by atoms with E-state index < -0.39 is 0 Å². The van der Waals surface area contributed by atoms with E-state index in [0.717, 1.165) is 133 Å². The van der Waals surface area contributed by atoms with Crippen molar-refractivity contribution in [3.8, 4) is 67.5 Å². The summed E-state index contributed by atoms with van der Waals surface area (Å²) < 4.78 is 9.63. The van der Waals surface area contributed by atoms with E-state index in [1.54, 1.807) is 0 Å². The summed E-state index contributed by atoms with van der Waals surface area (Å²) in [6, 6.07) is 83.9. The molecular weight excluding hydrogens is 1020 g/mol. The second-order valence-corrected chi connectivity index (χ2v) is 22.0. The van der Waals surface area contributed by atoms with Crippen molar-refractivity contribution in [1.82, 2.24) is 38.2 Å². The lowest BCUT2D eigenvalue weighted by Gasteiger charge is -2.26. The molecule has 0 aliphatic carbocycles. The number of fused-ring (bicyclic) bond motifs is 12. The van der Waals surface area contributed by atoms with Gasteiger partial charge in [-0.1, -0.05) is 169 Å². The van der Waals surface area contributed by atoms with Crippen LogP contribution < -0.4 is 0 Å². The number of rotatable bonds is 8. The van der Waals surface area contributed by atoms with Gasteiger partial charge in [-0.05, 0) is 120 Å². The van der Waals surface area contributed by atoms with Crippen LogP contribution in [0, 0.1) is 13.8 Å². The molecular formula is C76H50N8. The van der Waals surface area contributed by atoms with E-state index in [2.05, 4.69) is 263 Å². The second kappa shape index (κ2) is 18.7. The molecule has 0 spiro atoms. The summed E-state index contributed by atoms with van der Waals surface area (Å²) >= 11 is 0.